The van der Waals surface area contributed by atoms with Gasteiger partial charge in [-0.25, -0.2) is 13.1 Å². The molecule has 96 valence electrons. The molecule has 0 bridgehead atoms. The van der Waals surface area contributed by atoms with Crippen LogP contribution in [0.5, 0.6) is 0 Å². The molecule has 1 aromatic rings. The normalized spacial score (nSPS) is 13.6. The molecule has 0 aromatic carbocycles. The van der Waals surface area contributed by atoms with Crippen molar-refractivity contribution in [1.29, 1.82) is 0 Å². The van der Waals surface area contributed by atoms with E-state index in [1.807, 2.05) is 6.92 Å². The summed E-state index contributed by atoms with van der Waals surface area (Å²) in [6.45, 7) is 2.76. The molecule has 0 radical (unpaired) electrons. The Bertz CT molecular complexity index is 464. The van der Waals surface area contributed by atoms with Crippen molar-refractivity contribution in [2.24, 2.45) is 5.92 Å². The van der Waals surface area contributed by atoms with Crippen LogP contribution in [-0.4, -0.2) is 33.7 Å². The van der Waals surface area contributed by atoms with E-state index < -0.39 is 10.0 Å². The van der Waals surface area contributed by atoms with Gasteiger partial charge in [0.25, 0.3) is 0 Å². The Morgan fingerprint density at radius 2 is 2.24 bits per heavy atom. The van der Waals surface area contributed by atoms with Gasteiger partial charge in [-0.15, -0.1) is 0 Å². The summed E-state index contributed by atoms with van der Waals surface area (Å²) in [5, 5.41) is 0. The van der Waals surface area contributed by atoms with Crippen LogP contribution in [0, 0.1) is 5.92 Å². The van der Waals surface area contributed by atoms with Gasteiger partial charge in [0, 0.05) is 37.1 Å². The first-order valence-corrected chi connectivity index (χ1v) is 7.32. The van der Waals surface area contributed by atoms with Crippen LogP contribution >= 0.6 is 15.9 Å². The van der Waals surface area contributed by atoms with Crippen LogP contribution in [0.15, 0.2) is 27.8 Å². The molecule has 0 saturated heterocycles. The number of sulfonamides is 1. The predicted molar refractivity (Wildman–Crippen MR) is 68.2 cm³/mol. The van der Waals surface area contributed by atoms with Crippen molar-refractivity contribution < 1.29 is 13.2 Å². The van der Waals surface area contributed by atoms with Gasteiger partial charge >= 0.3 is 0 Å². The Hall–Kier alpha value is -0.500. The lowest BCUT2D eigenvalue weighted by atomic mass is 10.2. The molecule has 0 aliphatic rings. The van der Waals surface area contributed by atoms with Crippen LogP contribution in [-0.2, 0) is 14.8 Å². The first-order chi connectivity index (χ1) is 7.95. The number of nitrogens with zero attached hydrogens (tertiary/aromatic N) is 1. The molecule has 0 aliphatic carbocycles. The lowest BCUT2D eigenvalue weighted by molar-refractivity contribution is 0.161. The zero-order chi connectivity index (χ0) is 12.9. The molecule has 0 saturated carbocycles. The summed E-state index contributed by atoms with van der Waals surface area (Å²) in [5.74, 6) is 0.120. The molecule has 1 rings (SSSR count). The number of nitrogens with one attached hydrogen (secondary N) is 1. The summed E-state index contributed by atoms with van der Waals surface area (Å²) < 4.78 is 31.8. The van der Waals surface area contributed by atoms with Crippen LogP contribution in [0.3, 0.4) is 0 Å². The summed E-state index contributed by atoms with van der Waals surface area (Å²) in [5.41, 5.74) is 0. The lowest BCUT2D eigenvalue weighted by Crippen LogP contribution is -2.30. The molecule has 0 aliphatic heterocycles. The van der Waals surface area contributed by atoms with Crippen molar-refractivity contribution in [2.75, 3.05) is 20.3 Å². The Morgan fingerprint density at radius 3 is 2.82 bits per heavy atom. The summed E-state index contributed by atoms with van der Waals surface area (Å²) in [4.78, 5) is 3.97. The first kappa shape index (κ1) is 14.6. The second-order valence-corrected chi connectivity index (χ2v) is 6.43. The fourth-order valence-corrected chi connectivity index (χ4v) is 2.89. The van der Waals surface area contributed by atoms with Gasteiger partial charge in [-0.1, -0.05) is 6.92 Å². The van der Waals surface area contributed by atoms with E-state index in [1.54, 1.807) is 7.11 Å². The minimum atomic E-state index is -3.49. The van der Waals surface area contributed by atoms with Crippen LogP contribution in [0.1, 0.15) is 6.92 Å². The first-order valence-electron chi connectivity index (χ1n) is 5.05. The maximum absolute atomic E-state index is 11.9. The summed E-state index contributed by atoms with van der Waals surface area (Å²) in [7, 11) is -1.91. The van der Waals surface area contributed by atoms with Crippen molar-refractivity contribution in [1.82, 2.24) is 9.71 Å². The average Bonchev–Trinajstić information content (AvgIpc) is 2.27. The van der Waals surface area contributed by atoms with Gasteiger partial charge in [-0.2, -0.15) is 0 Å². The van der Waals surface area contributed by atoms with Gasteiger partial charge in [0.15, 0.2) is 0 Å². The second kappa shape index (κ2) is 6.44. The Kier molecular flexibility index (Phi) is 5.51. The maximum Gasteiger partial charge on any atom is 0.242 e. The van der Waals surface area contributed by atoms with E-state index >= 15 is 0 Å². The minimum Gasteiger partial charge on any atom is -0.384 e. The molecule has 1 unspecified atom stereocenters. The van der Waals surface area contributed by atoms with Crippen LogP contribution in [0.4, 0.5) is 0 Å². The van der Waals surface area contributed by atoms with Gasteiger partial charge in [-0.3, -0.25) is 4.98 Å². The number of hydrogen-bond acceptors (Lipinski definition) is 4. The summed E-state index contributed by atoms with van der Waals surface area (Å²) in [6.07, 6.45) is 2.85. The van der Waals surface area contributed by atoms with E-state index in [9.17, 15) is 8.42 Å². The van der Waals surface area contributed by atoms with E-state index in [1.165, 1.54) is 18.5 Å². The van der Waals surface area contributed by atoms with E-state index in [0.717, 1.165) is 0 Å². The number of halogens is 1. The molecular formula is C10H15BrN2O3S. The third-order valence-electron chi connectivity index (χ3n) is 2.06. The van der Waals surface area contributed by atoms with Crippen molar-refractivity contribution in [3.8, 4) is 0 Å². The number of methoxy groups -OCH3 is 1. The van der Waals surface area contributed by atoms with Crippen LogP contribution in [0.25, 0.3) is 0 Å². The van der Waals surface area contributed by atoms with Crippen molar-refractivity contribution in [3.05, 3.63) is 22.9 Å². The van der Waals surface area contributed by atoms with Gasteiger partial charge in [0.05, 0.1) is 0 Å². The largest absolute Gasteiger partial charge is 0.384 e. The molecule has 17 heavy (non-hydrogen) atoms. The molecule has 0 fully saturated rings. The minimum absolute atomic E-state index is 0.120. The van der Waals surface area contributed by atoms with Gasteiger partial charge < -0.3 is 4.74 Å². The summed E-state index contributed by atoms with van der Waals surface area (Å²) >= 11 is 3.18. The quantitative estimate of drug-likeness (QED) is 0.859. The van der Waals surface area contributed by atoms with Crippen LogP contribution < -0.4 is 4.72 Å². The molecule has 0 spiro atoms. The molecule has 1 heterocycles. The lowest BCUT2D eigenvalue weighted by Gasteiger charge is -2.11. The van der Waals surface area contributed by atoms with E-state index in [4.69, 9.17) is 4.74 Å². The van der Waals surface area contributed by atoms with Crippen molar-refractivity contribution >= 4 is 26.0 Å². The highest BCUT2D eigenvalue weighted by molar-refractivity contribution is 9.10. The molecular weight excluding hydrogens is 308 g/mol. The molecule has 7 heteroatoms. The smallest absolute Gasteiger partial charge is 0.242 e. The zero-order valence-corrected chi connectivity index (χ0v) is 12.1. The molecule has 0 amide bonds. The van der Waals surface area contributed by atoms with Gasteiger partial charge in [0.2, 0.25) is 10.0 Å². The Morgan fingerprint density at radius 1 is 1.53 bits per heavy atom. The van der Waals surface area contributed by atoms with Gasteiger partial charge in [-0.05, 0) is 27.9 Å². The molecule has 1 aromatic heterocycles. The predicted octanol–water partition coefficient (Wildman–Crippen LogP) is 1.40. The average molecular weight is 323 g/mol. The molecule has 1 N–H and O–H groups in total. The van der Waals surface area contributed by atoms with E-state index in [-0.39, 0.29) is 10.8 Å². The standard InChI is InChI=1S/C10H15BrN2O3S/c1-8(7-16-2)4-13-17(14,15)10-3-9(11)5-12-6-10/h3,5-6,8,13H,4,7H2,1-2H3. The fourth-order valence-electron chi connectivity index (χ4n) is 1.22. The fraction of sp³-hybridized carbons (Fsp3) is 0.500. The zero-order valence-electron chi connectivity index (χ0n) is 9.68. The second-order valence-electron chi connectivity index (χ2n) is 3.75. The highest BCUT2D eigenvalue weighted by Crippen LogP contribution is 2.14. The SMILES string of the molecule is COCC(C)CNS(=O)(=O)c1cncc(Br)c1. The number of pyridine rings is 1. The maximum atomic E-state index is 11.9. The van der Waals surface area contributed by atoms with E-state index in [0.29, 0.717) is 17.6 Å². The van der Waals surface area contributed by atoms with Crippen LogP contribution in [0.2, 0.25) is 0 Å². The van der Waals surface area contributed by atoms with Crippen molar-refractivity contribution in [2.45, 2.75) is 11.8 Å². The highest BCUT2D eigenvalue weighted by Gasteiger charge is 2.15. The van der Waals surface area contributed by atoms with E-state index in [2.05, 4.69) is 25.6 Å². The highest BCUT2D eigenvalue weighted by atomic mass is 79.9. The third kappa shape index (κ3) is 4.71. The third-order valence-corrected chi connectivity index (χ3v) is 3.89. The number of rotatable bonds is 6. The number of hydrogen-bond donors (Lipinski definition) is 1. The molecule has 1 atom stereocenters. The van der Waals surface area contributed by atoms with Crippen molar-refractivity contribution in [3.63, 3.8) is 0 Å². The topological polar surface area (TPSA) is 68.3 Å². The summed E-state index contributed by atoms with van der Waals surface area (Å²) in [6, 6.07) is 1.51. The number of ether oxygens (including phenoxy) is 1. The Balaban J connectivity index is 2.69. The Labute approximate surface area is 110 Å². The molecule has 5 nitrogen and oxygen atoms in total. The number of aromatic nitrogens is 1. The van der Waals surface area contributed by atoms with Gasteiger partial charge in [0.1, 0.15) is 4.90 Å². The monoisotopic (exact) mass is 322 g/mol.